The molecule has 0 bridgehead atoms. The average Bonchev–Trinajstić information content (AvgIpc) is 2.84. The molecule has 0 unspecified atom stereocenters. The van der Waals surface area contributed by atoms with Crippen LogP contribution >= 0.6 is 11.3 Å². The molecule has 96 valence electrons. The van der Waals surface area contributed by atoms with Crippen LogP contribution in [0.15, 0.2) is 41.9 Å². The number of nitrogens with zero attached hydrogens (tertiary/aromatic N) is 2. The first-order chi connectivity index (χ1) is 9.31. The Bertz CT molecular complexity index is 690. The molecule has 3 rings (SSSR count). The summed E-state index contributed by atoms with van der Waals surface area (Å²) in [5.41, 5.74) is 3.20. The summed E-state index contributed by atoms with van der Waals surface area (Å²) in [5.74, 6) is 0. The van der Waals surface area contributed by atoms with Crippen LogP contribution < -0.4 is 5.32 Å². The molecular formula is C15H15N3S. The molecule has 0 fully saturated rings. The van der Waals surface area contributed by atoms with Crippen molar-refractivity contribution >= 4 is 27.9 Å². The number of anilines is 1. The summed E-state index contributed by atoms with van der Waals surface area (Å²) < 4.78 is 0. The van der Waals surface area contributed by atoms with Crippen LogP contribution in [-0.2, 0) is 6.42 Å². The zero-order valence-electron chi connectivity index (χ0n) is 10.8. The molecule has 0 saturated heterocycles. The highest BCUT2D eigenvalue weighted by Crippen LogP contribution is 2.16. The second-order valence-electron chi connectivity index (χ2n) is 4.48. The Labute approximate surface area is 116 Å². The van der Waals surface area contributed by atoms with Gasteiger partial charge in [0.1, 0.15) is 0 Å². The molecule has 3 aromatic rings. The second-order valence-corrected chi connectivity index (χ2v) is 5.42. The number of pyridine rings is 1. The summed E-state index contributed by atoms with van der Waals surface area (Å²) in [5, 5.41) is 7.83. The Morgan fingerprint density at radius 2 is 2.16 bits per heavy atom. The fraction of sp³-hybridized carbons (Fsp3) is 0.200. The highest BCUT2D eigenvalue weighted by Gasteiger charge is 2.00. The van der Waals surface area contributed by atoms with Crippen LogP contribution in [0.2, 0.25) is 0 Å². The molecule has 0 amide bonds. The van der Waals surface area contributed by atoms with Crippen molar-refractivity contribution in [2.75, 3.05) is 11.9 Å². The second kappa shape index (κ2) is 5.36. The molecule has 0 atom stereocenters. The van der Waals surface area contributed by atoms with Crippen molar-refractivity contribution in [1.29, 1.82) is 0 Å². The lowest BCUT2D eigenvalue weighted by Crippen LogP contribution is -2.04. The predicted molar refractivity (Wildman–Crippen MR) is 80.8 cm³/mol. The number of hydrogen-bond donors (Lipinski definition) is 1. The van der Waals surface area contributed by atoms with Crippen LogP contribution in [0.1, 0.15) is 10.7 Å². The molecule has 1 N–H and O–H groups in total. The smallest absolute Gasteiger partial charge is 0.0945 e. The Morgan fingerprint density at radius 3 is 3.00 bits per heavy atom. The van der Waals surface area contributed by atoms with Gasteiger partial charge in [-0.05, 0) is 19.1 Å². The topological polar surface area (TPSA) is 37.8 Å². The standard InChI is InChI=1S/C15H15N3S/c1-11-10-19-15(18-11)6-7-16-13-8-12-4-2-3-5-14(12)17-9-13/h2-5,8-10,16H,6-7H2,1H3. The van der Waals surface area contributed by atoms with E-state index in [1.54, 1.807) is 11.3 Å². The summed E-state index contributed by atoms with van der Waals surface area (Å²) in [6, 6.07) is 10.3. The van der Waals surface area contributed by atoms with Gasteiger partial charge in [-0.1, -0.05) is 18.2 Å². The average molecular weight is 269 g/mol. The number of rotatable bonds is 4. The molecule has 0 saturated carbocycles. The minimum Gasteiger partial charge on any atom is -0.383 e. The number of aryl methyl sites for hydroxylation is 1. The lowest BCUT2D eigenvalue weighted by Gasteiger charge is -2.05. The number of nitrogens with one attached hydrogen (secondary N) is 1. The van der Waals surface area contributed by atoms with Crippen LogP contribution in [0.3, 0.4) is 0 Å². The monoisotopic (exact) mass is 269 g/mol. The maximum Gasteiger partial charge on any atom is 0.0945 e. The Kier molecular flexibility index (Phi) is 3.42. The van der Waals surface area contributed by atoms with Crippen molar-refractivity contribution in [1.82, 2.24) is 9.97 Å². The first kappa shape index (κ1) is 12.1. The Morgan fingerprint density at radius 1 is 1.26 bits per heavy atom. The van der Waals surface area contributed by atoms with Crippen molar-refractivity contribution in [3.63, 3.8) is 0 Å². The summed E-state index contributed by atoms with van der Waals surface area (Å²) >= 11 is 1.72. The van der Waals surface area contributed by atoms with Gasteiger partial charge in [0.2, 0.25) is 0 Å². The number of thiazole rings is 1. The zero-order valence-corrected chi connectivity index (χ0v) is 11.6. The summed E-state index contributed by atoms with van der Waals surface area (Å²) in [7, 11) is 0. The normalized spacial score (nSPS) is 10.8. The number of hydrogen-bond acceptors (Lipinski definition) is 4. The van der Waals surface area contributed by atoms with E-state index in [1.165, 1.54) is 5.01 Å². The molecular weight excluding hydrogens is 254 g/mol. The van der Waals surface area contributed by atoms with Gasteiger partial charge < -0.3 is 5.32 Å². The molecule has 0 aliphatic rings. The largest absolute Gasteiger partial charge is 0.383 e. The molecule has 4 heteroatoms. The quantitative estimate of drug-likeness (QED) is 0.785. The van der Waals surface area contributed by atoms with Crippen molar-refractivity contribution in [2.45, 2.75) is 13.3 Å². The number of benzene rings is 1. The third kappa shape index (κ3) is 2.90. The maximum absolute atomic E-state index is 4.45. The molecule has 1 aromatic carbocycles. The van der Waals surface area contributed by atoms with E-state index >= 15 is 0 Å². The van der Waals surface area contributed by atoms with Crippen molar-refractivity contribution in [3.8, 4) is 0 Å². The van der Waals surface area contributed by atoms with Crippen molar-refractivity contribution in [3.05, 3.63) is 52.6 Å². The first-order valence-electron chi connectivity index (χ1n) is 6.31. The van der Waals surface area contributed by atoms with Crippen LogP contribution in [0.5, 0.6) is 0 Å². The molecule has 19 heavy (non-hydrogen) atoms. The Balaban J connectivity index is 1.65. The fourth-order valence-corrected chi connectivity index (χ4v) is 2.77. The lowest BCUT2D eigenvalue weighted by atomic mass is 10.2. The minimum absolute atomic E-state index is 0.882. The van der Waals surface area contributed by atoms with Gasteiger partial charge in [-0.2, -0.15) is 0 Å². The predicted octanol–water partition coefficient (Wildman–Crippen LogP) is 3.65. The molecule has 2 aromatic heterocycles. The van der Waals surface area contributed by atoms with Gasteiger partial charge in [0.05, 0.1) is 22.4 Å². The van der Waals surface area contributed by atoms with Gasteiger partial charge in [-0.15, -0.1) is 11.3 Å². The highest BCUT2D eigenvalue weighted by atomic mass is 32.1. The van der Waals surface area contributed by atoms with E-state index in [1.807, 2.05) is 31.3 Å². The Hall–Kier alpha value is -1.94. The summed E-state index contributed by atoms with van der Waals surface area (Å²) in [6.45, 7) is 2.91. The van der Waals surface area contributed by atoms with Gasteiger partial charge in [0.15, 0.2) is 0 Å². The lowest BCUT2D eigenvalue weighted by molar-refractivity contribution is 0.986. The van der Waals surface area contributed by atoms with Crippen LogP contribution in [-0.4, -0.2) is 16.5 Å². The van der Waals surface area contributed by atoms with E-state index in [0.29, 0.717) is 0 Å². The van der Waals surface area contributed by atoms with Crippen LogP contribution in [0.25, 0.3) is 10.9 Å². The molecule has 0 aliphatic carbocycles. The van der Waals surface area contributed by atoms with Crippen LogP contribution in [0.4, 0.5) is 5.69 Å². The van der Waals surface area contributed by atoms with Gasteiger partial charge in [-0.25, -0.2) is 4.98 Å². The molecule has 0 spiro atoms. The van der Waals surface area contributed by atoms with Crippen molar-refractivity contribution in [2.24, 2.45) is 0 Å². The number of fused-ring (bicyclic) bond motifs is 1. The minimum atomic E-state index is 0.882. The van der Waals surface area contributed by atoms with Gasteiger partial charge in [-0.3, -0.25) is 4.98 Å². The SMILES string of the molecule is Cc1csc(CCNc2cnc3ccccc3c2)n1. The fourth-order valence-electron chi connectivity index (χ4n) is 2.00. The molecule has 0 aliphatic heterocycles. The first-order valence-corrected chi connectivity index (χ1v) is 7.19. The van der Waals surface area contributed by atoms with E-state index in [4.69, 9.17) is 0 Å². The van der Waals surface area contributed by atoms with Gasteiger partial charge >= 0.3 is 0 Å². The van der Waals surface area contributed by atoms with Gasteiger partial charge in [0.25, 0.3) is 0 Å². The molecule has 2 heterocycles. The van der Waals surface area contributed by atoms with E-state index < -0.39 is 0 Å². The number of para-hydroxylation sites is 1. The van der Waals surface area contributed by atoms with Crippen LogP contribution in [0, 0.1) is 6.92 Å². The van der Waals surface area contributed by atoms with E-state index in [2.05, 4.69) is 32.8 Å². The third-order valence-electron chi connectivity index (χ3n) is 2.93. The summed E-state index contributed by atoms with van der Waals surface area (Å²) in [4.78, 5) is 8.89. The summed E-state index contributed by atoms with van der Waals surface area (Å²) in [6.07, 6.45) is 2.83. The highest BCUT2D eigenvalue weighted by molar-refractivity contribution is 7.09. The zero-order chi connectivity index (χ0) is 13.1. The van der Waals surface area contributed by atoms with Crippen molar-refractivity contribution < 1.29 is 0 Å². The van der Waals surface area contributed by atoms with E-state index in [0.717, 1.165) is 35.2 Å². The molecule has 0 radical (unpaired) electrons. The molecule has 3 nitrogen and oxygen atoms in total. The number of aromatic nitrogens is 2. The van der Waals surface area contributed by atoms with E-state index in [9.17, 15) is 0 Å². The maximum atomic E-state index is 4.45. The van der Waals surface area contributed by atoms with Gasteiger partial charge in [0, 0.05) is 29.4 Å². The third-order valence-corrected chi connectivity index (χ3v) is 3.95. The van der Waals surface area contributed by atoms with E-state index in [-0.39, 0.29) is 0 Å².